The van der Waals surface area contributed by atoms with E-state index in [0.717, 1.165) is 45.1 Å². The predicted octanol–water partition coefficient (Wildman–Crippen LogP) is -0.119. The third kappa shape index (κ3) is 4.20. The fourth-order valence-electron chi connectivity index (χ4n) is 2.31. The molecule has 0 radical (unpaired) electrons. The van der Waals surface area contributed by atoms with Crippen molar-refractivity contribution in [1.29, 1.82) is 0 Å². The Hall–Kier alpha value is -2.06. The zero-order valence-corrected chi connectivity index (χ0v) is 11.8. The highest BCUT2D eigenvalue weighted by Crippen LogP contribution is 2.07. The summed E-state index contributed by atoms with van der Waals surface area (Å²) < 4.78 is 7.63. The van der Waals surface area contributed by atoms with Crippen LogP contribution in [-0.4, -0.2) is 68.8 Å². The van der Waals surface area contributed by atoms with Crippen LogP contribution in [0.5, 0.6) is 0 Å². The van der Waals surface area contributed by atoms with Crippen molar-refractivity contribution >= 4 is 5.82 Å². The van der Waals surface area contributed by atoms with Crippen LogP contribution in [0.3, 0.4) is 0 Å². The zero-order chi connectivity index (χ0) is 14.3. The van der Waals surface area contributed by atoms with Crippen LogP contribution >= 0.6 is 0 Å². The maximum Gasteiger partial charge on any atom is 0.148 e. The van der Waals surface area contributed by atoms with Gasteiger partial charge in [-0.15, -0.1) is 5.10 Å². The molecule has 0 unspecified atom stereocenters. The number of nitrogens with one attached hydrogen (secondary N) is 1. The first-order chi connectivity index (χ1) is 10.4. The maximum absolute atomic E-state index is 5.78. The summed E-state index contributed by atoms with van der Waals surface area (Å²) in [5.74, 6) is 0.779. The average Bonchev–Trinajstić information content (AvgIpc) is 3.06. The molecule has 3 heterocycles. The van der Waals surface area contributed by atoms with Gasteiger partial charge in [0.1, 0.15) is 18.5 Å². The minimum atomic E-state index is 0.163. The summed E-state index contributed by atoms with van der Waals surface area (Å²) in [6, 6.07) is 3.76. The second-order valence-electron chi connectivity index (χ2n) is 4.94. The number of anilines is 1. The molecular weight excluding hydrogens is 270 g/mol. The van der Waals surface area contributed by atoms with Crippen LogP contribution in [0.25, 0.3) is 0 Å². The van der Waals surface area contributed by atoms with E-state index in [4.69, 9.17) is 4.74 Å². The van der Waals surface area contributed by atoms with Crippen molar-refractivity contribution in [3.05, 3.63) is 31.0 Å². The van der Waals surface area contributed by atoms with Gasteiger partial charge in [-0.25, -0.2) is 4.98 Å². The first-order valence-corrected chi connectivity index (χ1v) is 7.08. The number of nitrogens with zero attached hydrogens (tertiary/aromatic N) is 6. The van der Waals surface area contributed by atoms with Crippen molar-refractivity contribution in [2.75, 3.05) is 38.1 Å². The smallest absolute Gasteiger partial charge is 0.148 e. The maximum atomic E-state index is 5.78. The summed E-state index contributed by atoms with van der Waals surface area (Å²) in [5, 5.41) is 15.2. The summed E-state index contributed by atoms with van der Waals surface area (Å²) in [7, 11) is 0. The molecule has 1 saturated heterocycles. The first kappa shape index (κ1) is 13.9. The van der Waals surface area contributed by atoms with Gasteiger partial charge in [0.05, 0.1) is 19.3 Å². The van der Waals surface area contributed by atoms with E-state index in [-0.39, 0.29) is 6.10 Å². The molecule has 0 spiro atoms. The van der Waals surface area contributed by atoms with E-state index in [9.17, 15) is 0 Å². The van der Waals surface area contributed by atoms with Crippen LogP contribution in [0, 0.1) is 0 Å². The lowest BCUT2D eigenvalue weighted by atomic mass is 10.2. The second kappa shape index (κ2) is 7.09. The lowest BCUT2D eigenvalue weighted by Gasteiger charge is -2.32. The molecule has 1 aliphatic heterocycles. The van der Waals surface area contributed by atoms with Gasteiger partial charge < -0.3 is 10.1 Å². The fraction of sp³-hybridized carbons (Fsp3) is 0.538. The van der Waals surface area contributed by atoms with E-state index >= 15 is 0 Å². The molecule has 8 nitrogen and oxygen atoms in total. The number of hydrogen-bond acceptors (Lipinski definition) is 7. The molecule has 1 N–H and O–H groups in total. The van der Waals surface area contributed by atoms with Gasteiger partial charge >= 0.3 is 0 Å². The molecule has 0 aliphatic carbocycles. The van der Waals surface area contributed by atoms with E-state index < -0.39 is 0 Å². The van der Waals surface area contributed by atoms with Crippen molar-refractivity contribution in [3.63, 3.8) is 0 Å². The van der Waals surface area contributed by atoms with Crippen LogP contribution in [-0.2, 0) is 11.3 Å². The Morgan fingerprint density at radius 2 is 2.38 bits per heavy atom. The van der Waals surface area contributed by atoms with E-state index in [2.05, 4.69) is 30.5 Å². The molecule has 0 amide bonds. The van der Waals surface area contributed by atoms with Gasteiger partial charge in [0.2, 0.25) is 0 Å². The predicted molar refractivity (Wildman–Crippen MR) is 76.7 cm³/mol. The largest absolute Gasteiger partial charge is 0.374 e. The van der Waals surface area contributed by atoms with Crippen LogP contribution < -0.4 is 5.32 Å². The summed E-state index contributed by atoms with van der Waals surface area (Å²) in [6.07, 6.45) is 5.13. The topological polar surface area (TPSA) is 81.0 Å². The Labute approximate surface area is 123 Å². The van der Waals surface area contributed by atoms with Gasteiger partial charge in [-0.05, 0) is 12.1 Å². The molecule has 0 aromatic carbocycles. The van der Waals surface area contributed by atoms with Gasteiger partial charge in [-0.1, -0.05) is 0 Å². The molecular formula is C13H19N7O. The summed E-state index contributed by atoms with van der Waals surface area (Å²) in [5.41, 5.74) is 0. The Morgan fingerprint density at radius 1 is 1.38 bits per heavy atom. The third-order valence-corrected chi connectivity index (χ3v) is 3.42. The second-order valence-corrected chi connectivity index (χ2v) is 4.94. The highest BCUT2D eigenvalue weighted by Gasteiger charge is 2.20. The van der Waals surface area contributed by atoms with E-state index in [1.807, 2.05) is 16.8 Å². The molecule has 2 aromatic heterocycles. The first-order valence-electron chi connectivity index (χ1n) is 7.08. The number of aromatic nitrogens is 5. The zero-order valence-electron chi connectivity index (χ0n) is 11.8. The minimum Gasteiger partial charge on any atom is -0.374 e. The fourth-order valence-corrected chi connectivity index (χ4v) is 2.31. The molecule has 1 fully saturated rings. The van der Waals surface area contributed by atoms with Gasteiger partial charge in [0, 0.05) is 32.4 Å². The Bertz CT molecular complexity index is 519. The molecule has 0 bridgehead atoms. The van der Waals surface area contributed by atoms with Crippen molar-refractivity contribution in [1.82, 2.24) is 29.9 Å². The van der Waals surface area contributed by atoms with E-state index in [1.54, 1.807) is 18.9 Å². The average molecular weight is 289 g/mol. The van der Waals surface area contributed by atoms with Gasteiger partial charge in [0.25, 0.3) is 0 Å². The van der Waals surface area contributed by atoms with Crippen LogP contribution in [0.15, 0.2) is 31.0 Å². The minimum absolute atomic E-state index is 0.163. The van der Waals surface area contributed by atoms with Crippen molar-refractivity contribution < 1.29 is 4.74 Å². The molecule has 8 heteroatoms. The number of rotatable bonds is 6. The number of morpholine rings is 1. The molecule has 1 aliphatic rings. The molecule has 21 heavy (non-hydrogen) atoms. The lowest BCUT2D eigenvalue weighted by molar-refractivity contribution is -0.0222. The van der Waals surface area contributed by atoms with Crippen LogP contribution in [0.1, 0.15) is 0 Å². The summed E-state index contributed by atoms with van der Waals surface area (Å²) >= 11 is 0. The third-order valence-electron chi connectivity index (χ3n) is 3.42. The Kier molecular flexibility index (Phi) is 4.70. The summed E-state index contributed by atoms with van der Waals surface area (Å²) in [4.78, 5) is 6.33. The molecule has 3 rings (SSSR count). The van der Waals surface area contributed by atoms with Crippen LogP contribution in [0.4, 0.5) is 5.82 Å². The van der Waals surface area contributed by atoms with Crippen molar-refractivity contribution in [2.24, 2.45) is 0 Å². The quantitative estimate of drug-likeness (QED) is 0.794. The van der Waals surface area contributed by atoms with E-state index in [1.165, 1.54) is 0 Å². The van der Waals surface area contributed by atoms with Crippen molar-refractivity contribution in [3.8, 4) is 0 Å². The lowest BCUT2D eigenvalue weighted by Crippen LogP contribution is -2.46. The molecule has 112 valence electrons. The highest BCUT2D eigenvalue weighted by molar-refractivity contribution is 5.31. The number of hydrogen-bond donors (Lipinski definition) is 1. The van der Waals surface area contributed by atoms with Gasteiger partial charge in [0.15, 0.2) is 0 Å². The van der Waals surface area contributed by atoms with E-state index in [0.29, 0.717) is 0 Å². The Morgan fingerprint density at radius 3 is 3.19 bits per heavy atom. The monoisotopic (exact) mass is 289 g/mol. The molecule has 2 aromatic rings. The molecule has 1 atom stereocenters. The van der Waals surface area contributed by atoms with Crippen molar-refractivity contribution in [2.45, 2.75) is 12.6 Å². The van der Waals surface area contributed by atoms with Gasteiger partial charge in [-0.3, -0.25) is 9.58 Å². The van der Waals surface area contributed by atoms with Gasteiger partial charge in [-0.2, -0.15) is 10.2 Å². The molecule has 0 saturated carbocycles. The number of ether oxygens (including phenoxy) is 1. The summed E-state index contributed by atoms with van der Waals surface area (Å²) in [6.45, 7) is 5.15. The SMILES string of the molecule is c1cnnc(NC[C@H]2CN(CCn3cncn3)CCO2)c1. The normalized spacial score (nSPS) is 19.5. The standard InChI is InChI=1S/C13H19N7O/c1-2-13(18-16-3-1)15-8-12-9-19(6-7-21-12)4-5-20-11-14-10-17-20/h1-3,10-12H,4-9H2,(H,15,18)/t12-/m0/s1. The Balaban J connectivity index is 1.42. The highest BCUT2D eigenvalue weighted by atomic mass is 16.5. The van der Waals surface area contributed by atoms with Crippen LogP contribution in [0.2, 0.25) is 0 Å².